The summed E-state index contributed by atoms with van der Waals surface area (Å²) < 4.78 is 26.6. The van der Waals surface area contributed by atoms with E-state index in [-0.39, 0.29) is 25.0 Å². The van der Waals surface area contributed by atoms with Gasteiger partial charge in [0.1, 0.15) is 18.1 Å². The Morgan fingerprint density at radius 1 is 0.872 bits per heavy atom. The minimum atomic E-state index is -0.373. The van der Waals surface area contributed by atoms with Crippen molar-refractivity contribution in [1.82, 2.24) is 9.80 Å². The lowest BCUT2D eigenvalue weighted by molar-refractivity contribution is -0.132. The molecule has 0 aliphatic carbocycles. The molecule has 3 amide bonds. The van der Waals surface area contributed by atoms with Crippen molar-refractivity contribution >= 4 is 17.6 Å². The third-order valence-electron chi connectivity index (χ3n) is 6.13. The molecule has 0 aliphatic heterocycles. The number of nitrogens with zero attached hydrogens (tertiary/aromatic N) is 2. The second-order valence-corrected chi connectivity index (χ2v) is 8.76. The second-order valence-electron chi connectivity index (χ2n) is 8.76. The Labute approximate surface area is 229 Å². The maximum atomic E-state index is 13.6. The number of amides is 3. The number of ether oxygens (including phenoxy) is 4. The first-order chi connectivity index (χ1) is 19.0. The van der Waals surface area contributed by atoms with Gasteiger partial charge in [0.2, 0.25) is 5.91 Å². The highest BCUT2D eigenvalue weighted by Gasteiger charge is 2.22. The molecule has 1 N–H and O–H groups in total. The summed E-state index contributed by atoms with van der Waals surface area (Å²) in [6, 6.07) is 15.9. The zero-order valence-corrected chi connectivity index (χ0v) is 23.0. The molecule has 0 atom stereocenters. The van der Waals surface area contributed by atoms with Crippen LogP contribution in [0.15, 0.2) is 65.3 Å². The van der Waals surface area contributed by atoms with Crippen molar-refractivity contribution in [3.8, 4) is 17.2 Å². The Kier molecular flexibility index (Phi) is 11.5. The molecular formula is C29H37N3O7. The first-order valence-corrected chi connectivity index (χ1v) is 12.7. The summed E-state index contributed by atoms with van der Waals surface area (Å²) in [4.78, 5) is 29.9. The Hall–Kier alpha value is -4.18. The molecule has 1 heterocycles. The van der Waals surface area contributed by atoms with Gasteiger partial charge in [-0.1, -0.05) is 6.07 Å². The number of furan rings is 1. The van der Waals surface area contributed by atoms with Gasteiger partial charge in [0.05, 0.1) is 34.1 Å². The van der Waals surface area contributed by atoms with Crippen LogP contribution in [0.3, 0.4) is 0 Å². The number of carbonyl (C=O) groups excluding carboxylic acids is 2. The third-order valence-corrected chi connectivity index (χ3v) is 6.13. The molecule has 39 heavy (non-hydrogen) atoms. The fourth-order valence-electron chi connectivity index (χ4n) is 3.98. The average molecular weight is 540 g/mol. The largest absolute Gasteiger partial charge is 0.497 e. The Morgan fingerprint density at radius 3 is 2.28 bits per heavy atom. The van der Waals surface area contributed by atoms with Crippen molar-refractivity contribution < 1.29 is 33.0 Å². The van der Waals surface area contributed by atoms with Crippen LogP contribution in [0, 0.1) is 0 Å². The highest BCUT2D eigenvalue weighted by atomic mass is 16.5. The predicted octanol–water partition coefficient (Wildman–Crippen LogP) is 4.45. The van der Waals surface area contributed by atoms with E-state index in [4.69, 9.17) is 23.4 Å². The molecule has 0 saturated heterocycles. The molecule has 1 aromatic heterocycles. The van der Waals surface area contributed by atoms with Crippen LogP contribution in [0.1, 0.15) is 17.7 Å². The van der Waals surface area contributed by atoms with Crippen LogP contribution in [-0.2, 0) is 22.5 Å². The summed E-state index contributed by atoms with van der Waals surface area (Å²) in [6.45, 7) is 1.42. The smallest absolute Gasteiger partial charge is 0.322 e. The van der Waals surface area contributed by atoms with E-state index < -0.39 is 0 Å². The molecule has 0 spiro atoms. The maximum Gasteiger partial charge on any atom is 0.322 e. The van der Waals surface area contributed by atoms with Gasteiger partial charge in [-0.2, -0.15) is 0 Å². The van der Waals surface area contributed by atoms with Gasteiger partial charge in [0.15, 0.2) is 11.5 Å². The van der Waals surface area contributed by atoms with E-state index in [0.29, 0.717) is 61.2 Å². The SMILES string of the molecule is COCCCN(CC(=O)N(CCc1ccc(OC)c(OC)c1)Cc1ccco1)C(=O)Nc1ccc(OC)cc1. The zero-order chi connectivity index (χ0) is 28.0. The molecule has 3 aromatic rings. The predicted molar refractivity (Wildman–Crippen MR) is 147 cm³/mol. The van der Waals surface area contributed by atoms with Crippen LogP contribution >= 0.6 is 0 Å². The molecule has 0 unspecified atom stereocenters. The number of urea groups is 1. The van der Waals surface area contributed by atoms with E-state index in [0.717, 1.165) is 5.56 Å². The summed E-state index contributed by atoms with van der Waals surface area (Å²) in [6.07, 6.45) is 2.74. The number of rotatable bonds is 15. The van der Waals surface area contributed by atoms with Gasteiger partial charge in [0.25, 0.3) is 0 Å². The summed E-state index contributed by atoms with van der Waals surface area (Å²) in [5, 5.41) is 2.87. The first-order valence-electron chi connectivity index (χ1n) is 12.7. The fourth-order valence-corrected chi connectivity index (χ4v) is 3.98. The summed E-state index contributed by atoms with van der Waals surface area (Å²) >= 11 is 0. The van der Waals surface area contributed by atoms with Crippen LogP contribution < -0.4 is 19.5 Å². The standard InChI is InChI=1S/C29H37N3O7/c1-35-17-6-15-32(29(34)30-23-9-11-24(36-2)12-10-23)21-28(33)31(20-25-7-5-18-39-25)16-14-22-8-13-26(37-3)27(19-22)38-4/h5,7-13,18-19H,6,14-17,20-21H2,1-4H3,(H,30,34). The molecule has 0 fully saturated rings. The van der Waals surface area contributed by atoms with Gasteiger partial charge < -0.3 is 38.5 Å². The van der Waals surface area contributed by atoms with Crippen LogP contribution in [0.5, 0.6) is 17.2 Å². The van der Waals surface area contributed by atoms with Crippen LogP contribution in [-0.4, -0.2) is 76.4 Å². The molecule has 0 aliphatic rings. The molecule has 0 radical (unpaired) electrons. The van der Waals surface area contributed by atoms with Crippen LogP contribution in [0.2, 0.25) is 0 Å². The van der Waals surface area contributed by atoms with Crippen molar-refractivity contribution in [2.24, 2.45) is 0 Å². The number of nitrogens with one attached hydrogen (secondary N) is 1. The van der Waals surface area contributed by atoms with Gasteiger partial charge in [-0.3, -0.25) is 4.79 Å². The van der Waals surface area contributed by atoms with Gasteiger partial charge in [0, 0.05) is 32.5 Å². The molecule has 3 rings (SSSR count). The van der Waals surface area contributed by atoms with Crippen LogP contribution in [0.4, 0.5) is 10.5 Å². The minimum Gasteiger partial charge on any atom is -0.497 e. The van der Waals surface area contributed by atoms with Crippen LogP contribution in [0.25, 0.3) is 0 Å². The van der Waals surface area contributed by atoms with Crippen molar-refractivity contribution in [2.45, 2.75) is 19.4 Å². The molecule has 10 nitrogen and oxygen atoms in total. The van der Waals surface area contributed by atoms with E-state index in [1.165, 1.54) is 4.90 Å². The summed E-state index contributed by atoms with van der Waals surface area (Å²) in [7, 11) is 6.36. The number of methoxy groups -OCH3 is 4. The molecule has 0 bridgehead atoms. The molecule has 210 valence electrons. The summed E-state index contributed by atoms with van der Waals surface area (Å²) in [5.74, 6) is 2.40. The second kappa shape index (κ2) is 15.3. The monoisotopic (exact) mass is 539 g/mol. The molecule has 10 heteroatoms. The Morgan fingerprint density at radius 2 is 1.64 bits per heavy atom. The first kappa shape index (κ1) is 29.4. The van der Waals surface area contributed by atoms with Crippen molar-refractivity contribution in [2.75, 3.05) is 60.0 Å². The lowest BCUT2D eigenvalue weighted by Gasteiger charge is -2.27. The molecular weight excluding hydrogens is 502 g/mol. The number of carbonyl (C=O) groups is 2. The summed E-state index contributed by atoms with van der Waals surface area (Å²) in [5.41, 5.74) is 1.59. The quantitative estimate of drug-likeness (QED) is 0.285. The van der Waals surface area contributed by atoms with Gasteiger partial charge in [-0.05, 0) is 66.9 Å². The van der Waals surface area contributed by atoms with E-state index >= 15 is 0 Å². The third kappa shape index (κ3) is 8.96. The van der Waals surface area contributed by atoms with E-state index in [9.17, 15) is 9.59 Å². The van der Waals surface area contributed by atoms with Crippen molar-refractivity contribution in [3.63, 3.8) is 0 Å². The number of hydrogen-bond acceptors (Lipinski definition) is 7. The number of benzene rings is 2. The van der Waals surface area contributed by atoms with Gasteiger partial charge in [-0.25, -0.2) is 4.79 Å². The lowest BCUT2D eigenvalue weighted by Crippen LogP contribution is -2.45. The number of anilines is 1. The topological polar surface area (TPSA) is 103 Å². The highest BCUT2D eigenvalue weighted by molar-refractivity contribution is 5.92. The zero-order valence-electron chi connectivity index (χ0n) is 23.0. The highest BCUT2D eigenvalue weighted by Crippen LogP contribution is 2.28. The average Bonchev–Trinajstić information content (AvgIpc) is 3.48. The number of hydrogen-bond donors (Lipinski definition) is 1. The molecule has 2 aromatic carbocycles. The maximum absolute atomic E-state index is 13.6. The van der Waals surface area contributed by atoms with Gasteiger partial charge in [-0.15, -0.1) is 0 Å². The van der Waals surface area contributed by atoms with E-state index in [2.05, 4.69) is 5.32 Å². The lowest BCUT2D eigenvalue weighted by atomic mass is 10.1. The van der Waals surface area contributed by atoms with E-state index in [1.54, 1.807) is 69.9 Å². The fraction of sp³-hybridized carbons (Fsp3) is 0.379. The van der Waals surface area contributed by atoms with Crippen molar-refractivity contribution in [1.29, 1.82) is 0 Å². The van der Waals surface area contributed by atoms with Crippen molar-refractivity contribution in [3.05, 3.63) is 72.2 Å². The normalized spacial score (nSPS) is 10.6. The minimum absolute atomic E-state index is 0.0989. The van der Waals surface area contributed by atoms with Gasteiger partial charge >= 0.3 is 6.03 Å². The Balaban J connectivity index is 1.73. The Bertz CT molecular complexity index is 1170. The van der Waals surface area contributed by atoms with E-state index in [1.807, 2.05) is 24.3 Å². The molecule has 0 saturated carbocycles.